The Morgan fingerprint density at radius 1 is 1.27 bits per heavy atom. The van der Waals surface area contributed by atoms with E-state index in [9.17, 15) is 9.59 Å². The molecule has 1 aliphatic heterocycles. The Bertz CT molecular complexity index is 633. The monoisotopic (exact) mass is 364 g/mol. The zero-order valence-corrected chi connectivity index (χ0v) is 15.7. The van der Waals surface area contributed by atoms with Gasteiger partial charge in [-0.2, -0.15) is 4.98 Å². The molecule has 0 aromatic carbocycles. The minimum absolute atomic E-state index is 0.00582. The molecule has 1 aromatic rings. The number of hydrogen-bond donors (Lipinski definition) is 1. The lowest BCUT2D eigenvalue weighted by Crippen LogP contribution is -2.45. The summed E-state index contributed by atoms with van der Waals surface area (Å²) in [6, 6.07) is -0.282. The van der Waals surface area contributed by atoms with E-state index in [0.717, 1.165) is 18.7 Å². The third kappa shape index (κ3) is 4.41. The second-order valence-corrected chi connectivity index (χ2v) is 7.58. The summed E-state index contributed by atoms with van der Waals surface area (Å²) < 4.78 is 10.3. The summed E-state index contributed by atoms with van der Waals surface area (Å²) in [4.78, 5) is 30.8. The number of ether oxygens (including phenoxy) is 1. The van der Waals surface area contributed by atoms with Crippen molar-refractivity contribution < 1.29 is 18.8 Å². The molecule has 2 fully saturated rings. The van der Waals surface area contributed by atoms with Crippen LogP contribution in [0.3, 0.4) is 0 Å². The molecule has 1 aliphatic carbocycles. The number of amides is 2. The van der Waals surface area contributed by atoms with Crippen LogP contribution >= 0.6 is 0 Å². The maximum atomic E-state index is 12.7. The standard InChI is InChI=1S/C18H28N4O4/c1-11(2)15(18-20-16(21-26-18)12-4-5-12)19-17(24)13-6-8-22(9-7-13)14(23)10-25-3/h11-13,15H,4-10H2,1-3H3,(H,19,24)/t15-/m1/s1. The van der Waals surface area contributed by atoms with Crippen molar-refractivity contribution in [2.45, 2.75) is 51.5 Å². The number of nitrogens with one attached hydrogen (secondary N) is 1. The van der Waals surface area contributed by atoms with E-state index in [1.165, 1.54) is 7.11 Å². The number of likely N-dealkylation sites (tertiary alicyclic amines) is 1. The van der Waals surface area contributed by atoms with Gasteiger partial charge in [-0.1, -0.05) is 19.0 Å². The van der Waals surface area contributed by atoms with E-state index in [0.29, 0.717) is 37.7 Å². The Morgan fingerprint density at radius 3 is 2.54 bits per heavy atom. The minimum Gasteiger partial charge on any atom is -0.375 e. The highest BCUT2D eigenvalue weighted by Crippen LogP contribution is 2.38. The van der Waals surface area contributed by atoms with Crippen LogP contribution in [0.15, 0.2) is 4.52 Å². The molecule has 26 heavy (non-hydrogen) atoms. The van der Waals surface area contributed by atoms with Crippen molar-refractivity contribution in [3.05, 3.63) is 11.7 Å². The molecule has 1 aromatic heterocycles. The Labute approximate surface area is 153 Å². The van der Waals surface area contributed by atoms with Gasteiger partial charge in [-0.3, -0.25) is 9.59 Å². The van der Waals surface area contributed by atoms with E-state index >= 15 is 0 Å². The highest BCUT2D eigenvalue weighted by Gasteiger charge is 2.33. The van der Waals surface area contributed by atoms with E-state index in [1.807, 2.05) is 13.8 Å². The quantitative estimate of drug-likeness (QED) is 0.790. The second kappa shape index (κ2) is 8.16. The molecule has 8 heteroatoms. The van der Waals surface area contributed by atoms with Crippen LogP contribution in [0.25, 0.3) is 0 Å². The molecule has 1 atom stereocenters. The number of carbonyl (C=O) groups excluding carboxylic acids is 2. The van der Waals surface area contributed by atoms with Gasteiger partial charge in [0.2, 0.25) is 17.7 Å². The minimum atomic E-state index is -0.282. The van der Waals surface area contributed by atoms with Crippen LogP contribution in [0.2, 0.25) is 0 Å². The average molecular weight is 364 g/mol. The molecule has 1 saturated carbocycles. The highest BCUT2D eigenvalue weighted by molar-refractivity contribution is 5.80. The van der Waals surface area contributed by atoms with Gasteiger partial charge in [-0.15, -0.1) is 0 Å². The SMILES string of the molecule is COCC(=O)N1CCC(C(=O)N[C@@H](c2nc(C3CC3)no2)C(C)C)CC1. The molecule has 0 unspecified atom stereocenters. The first kappa shape index (κ1) is 18.8. The first-order valence-corrected chi connectivity index (χ1v) is 9.40. The van der Waals surface area contributed by atoms with E-state index in [4.69, 9.17) is 9.26 Å². The normalized spacial score (nSPS) is 19.6. The number of hydrogen-bond acceptors (Lipinski definition) is 6. The summed E-state index contributed by atoms with van der Waals surface area (Å²) >= 11 is 0. The first-order valence-electron chi connectivity index (χ1n) is 9.40. The Balaban J connectivity index is 1.56. The van der Waals surface area contributed by atoms with Crippen LogP contribution in [0, 0.1) is 11.8 Å². The lowest BCUT2D eigenvalue weighted by Gasteiger charge is -2.32. The zero-order valence-electron chi connectivity index (χ0n) is 15.7. The fraction of sp³-hybridized carbons (Fsp3) is 0.778. The fourth-order valence-corrected chi connectivity index (χ4v) is 3.27. The van der Waals surface area contributed by atoms with Gasteiger partial charge < -0.3 is 19.5 Å². The molecule has 8 nitrogen and oxygen atoms in total. The van der Waals surface area contributed by atoms with Gasteiger partial charge >= 0.3 is 0 Å². The van der Waals surface area contributed by atoms with Crippen LogP contribution in [0.1, 0.15) is 63.2 Å². The number of rotatable bonds is 7. The molecule has 3 rings (SSSR count). The van der Waals surface area contributed by atoms with E-state index in [2.05, 4.69) is 15.5 Å². The topological polar surface area (TPSA) is 97.6 Å². The molecule has 0 spiro atoms. The molecular weight excluding hydrogens is 336 g/mol. The van der Waals surface area contributed by atoms with Gasteiger partial charge in [-0.25, -0.2) is 0 Å². The molecule has 1 saturated heterocycles. The lowest BCUT2D eigenvalue weighted by molar-refractivity contribution is -0.139. The molecule has 0 radical (unpaired) electrons. The van der Waals surface area contributed by atoms with Crippen molar-refractivity contribution in [2.75, 3.05) is 26.8 Å². The summed E-state index contributed by atoms with van der Waals surface area (Å²) in [5, 5.41) is 7.14. The molecule has 144 valence electrons. The van der Waals surface area contributed by atoms with Gasteiger partial charge in [0, 0.05) is 32.0 Å². The lowest BCUT2D eigenvalue weighted by atomic mass is 9.94. The van der Waals surface area contributed by atoms with Crippen molar-refractivity contribution in [2.24, 2.45) is 11.8 Å². The molecule has 2 amide bonds. The smallest absolute Gasteiger partial charge is 0.249 e. The average Bonchev–Trinajstić information content (AvgIpc) is 3.37. The van der Waals surface area contributed by atoms with Crippen molar-refractivity contribution in [1.29, 1.82) is 0 Å². The number of carbonyl (C=O) groups is 2. The largest absolute Gasteiger partial charge is 0.375 e. The van der Waals surface area contributed by atoms with Crippen molar-refractivity contribution in [1.82, 2.24) is 20.4 Å². The van der Waals surface area contributed by atoms with E-state index < -0.39 is 0 Å². The summed E-state index contributed by atoms with van der Waals surface area (Å²) in [5.74, 6) is 1.68. The van der Waals surface area contributed by atoms with Crippen molar-refractivity contribution in [3.63, 3.8) is 0 Å². The third-order valence-corrected chi connectivity index (χ3v) is 5.12. The summed E-state index contributed by atoms with van der Waals surface area (Å²) in [5.41, 5.74) is 0. The Hall–Kier alpha value is -1.96. The van der Waals surface area contributed by atoms with Crippen LogP contribution in [-0.4, -0.2) is 53.7 Å². The predicted molar refractivity (Wildman–Crippen MR) is 93.2 cm³/mol. The highest BCUT2D eigenvalue weighted by atomic mass is 16.5. The van der Waals surface area contributed by atoms with Gasteiger partial charge in [0.05, 0.1) is 0 Å². The van der Waals surface area contributed by atoms with Crippen LogP contribution in [-0.2, 0) is 14.3 Å². The number of aromatic nitrogens is 2. The van der Waals surface area contributed by atoms with Gasteiger partial charge in [0.15, 0.2) is 5.82 Å². The molecular formula is C18H28N4O4. The zero-order chi connectivity index (χ0) is 18.7. The Morgan fingerprint density at radius 2 is 1.96 bits per heavy atom. The third-order valence-electron chi connectivity index (χ3n) is 5.12. The van der Waals surface area contributed by atoms with E-state index in [1.54, 1.807) is 4.90 Å². The van der Waals surface area contributed by atoms with Gasteiger partial charge in [0.1, 0.15) is 12.6 Å². The molecule has 0 bridgehead atoms. The number of nitrogens with zero attached hydrogens (tertiary/aromatic N) is 3. The molecule has 2 heterocycles. The van der Waals surface area contributed by atoms with E-state index in [-0.39, 0.29) is 36.3 Å². The van der Waals surface area contributed by atoms with Gasteiger partial charge in [0.25, 0.3) is 0 Å². The predicted octanol–water partition coefficient (Wildman–Crippen LogP) is 1.65. The summed E-state index contributed by atoms with van der Waals surface area (Å²) in [7, 11) is 1.51. The van der Waals surface area contributed by atoms with Crippen LogP contribution < -0.4 is 5.32 Å². The van der Waals surface area contributed by atoms with Crippen molar-refractivity contribution in [3.8, 4) is 0 Å². The van der Waals surface area contributed by atoms with Crippen molar-refractivity contribution >= 4 is 11.8 Å². The summed E-state index contributed by atoms with van der Waals surface area (Å²) in [6.45, 7) is 5.31. The fourth-order valence-electron chi connectivity index (χ4n) is 3.27. The maximum absolute atomic E-state index is 12.7. The maximum Gasteiger partial charge on any atom is 0.249 e. The Kier molecular flexibility index (Phi) is 5.90. The summed E-state index contributed by atoms with van der Waals surface area (Å²) in [6.07, 6.45) is 3.53. The molecule has 2 aliphatic rings. The van der Waals surface area contributed by atoms with Gasteiger partial charge in [-0.05, 0) is 31.6 Å². The second-order valence-electron chi connectivity index (χ2n) is 7.58. The number of piperidine rings is 1. The van der Waals surface area contributed by atoms with Crippen LogP contribution in [0.5, 0.6) is 0 Å². The number of methoxy groups -OCH3 is 1. The van der Waals surface area contributed by atoms with Crippen LogP contribution in [0.4, 0.5) is 0 Å². The molecule has 1 N–H and O–H groups in total. The first-order chi connectivity index (χ1) is 12.5.